The molecule has 3 aromatic rings. The number of rotatable bonds is 5. The van der Waals surface area contributed by atoms with Crippen LogP contribution in [-0.2, 0) is 11.2 Å². The van der Waals surface area contributed by atoms with Gasteiger partial charge < -0.3 is 26.1 Å². The van der Waals surface area contributed by atoms with Crippen LogP contribution in [0.2, 0.25) is 0 Å². The molecule has 7 heteroatoms. The number of nitrogens with zero attached hydrogens (tertiary/aromatic N) is 2. The van der Waals surface area contributed by atoms with E-state index in [9.17, 15) is 10.1 Å². The Labute approximate surface area is 168 Å². The van der Waals surface area contributed by atoms with Gasteiger partial charge in [0.25, 0.3) is 0 Å². The van der Waals surface area contributed by atoms with Crippen LogP contribution in [0.4, 0.5) is 5.69 Å². The van der Waals surface area contributed by atoms with Crippen LogP contribution in [0.25, 0.3) is 10.9 Å². The summed E-state index contributed by atoms with van der Waals surface area (Å²) in [7, 11) is 0. The molecule has 5 N–H and O–H groups in total. The number of nitriles is 1. The summed E-state index contributed by atoms with van der Waals surface area (Å²) >= 11 is 0. The van der Waals surface area contributed by atoms with Crippen LogP contribution in [-0.4, -0.2) is 34.4 Å². The first-order valence-corrected chi connectivity index (χ1v) is 9.64. The molecule has 0 radical (unpaired) electrons. The highest BCUT2D eigenvalue weighted by Gasteiger charge is 2.31. The van der Waals surface area contributed by atoms with E-state index in [0.29, 0.717) is 36.6 Å². The summed E-state index contributed by atoms with van der Waals surface area (Å²) in [6.07, 6.45) is 3.82. The van der Waals surface area contributed by atoms with E-state index in [1.807, 2.05) is 36.5 Å². The number of fused-ring (bicyclic) bond motifs is 1. The number of likely N-dealkylation sites (tertiary alicyclic amines) is 1. The van der Waals surface area contributed by atoms with E-state index >= 15 is 0 Å². The molecule has 29 heavy (non-hydrogen) atoms. The Hall–Kier alpha value is -3.50. The standard InChI is InChI=1S/C22H23N5O2/c23-12-16-2-1-9-27(16)22(28)20(25)10-14-13-26-21-8-7-18(11-19(14)21)29-17-5-3-15(24)4-6-17/h3-8,11,13,16,20,26H,1-2,9-10,24-25H2. The fraction of sp³-hybridized carbons (Fsp3) is 0.273. The van der Waals surface area contributed by atoms with Gasteiger partial charge in [0.1, 0.15) is 17.5 Å². The van der Waals surface area contributed by atoms with E-state index in [-0.39, 0.29) is 11.9 Å². The number of carbonyl (C=O) groups is 1. The second-order valence-electron chi connectivity index (χ2n) is 7.32. The quantitative estimate of drug-likeness (QED) is 0.579. The molecule has 7 nitrogen and oxygen atoms in total. The molecule has 0 saturated carbocycles. The Balaban J connectivity index is 1.52. The molecule has 0 spiro atoms. The summed E-state index contributed by atoms with van der Waals surface area (Å²) in [5.74, 6) is 1.21. The van der Waals surface area contributed by atoms with Gasteiger partial charge in [0.15, 0.2) is 0 Å². The van der Waals surface area contributed by atoms with Crippen LogP contribution >= 0.6 is 0 Å². The summed E-state index contributed by atoms with van der Waals surface area (Å²) in [6, 6.07) is 14.1. The van der Waals surface area contributed by atoms with Crippen molar-refractivity contribution in [3.05, 3.63) is 54.2 Å². The third kappa shape index (κ3) is 3.89. The number of anilines is 1. The number of ether oxygens (including phenoxy) is 1. The normalized spacial score (nSPS) is 17.2. The number of nitrogen functional groups attached to an aromatic ring is 1. The van der Waals surface area contributed by atoms with Crippen molar-refractivity contribution in [2.75, 3.05) is 12.3 Å². The van der Waals surface area contributed by atoms with Crippen molar-refractivity contribution in [2.24, 2.45) is 5.73 Å². The van der Waals surface area contributed by atoms with Gasteiger partial charge in [-0.15, -0.1) is 0 Å². The van der Waals surface area contributed by atoms with Crippen molar-refractivity contribution in [1.82, 2.24) is 9.88 Å². The van der Waals surface area contributed by atoms with Crippen LogP contribution in [0.3, 0.4) is 0 Å². The summed E-state index contributed by atoms with van der Waals surface area (Å²) in [4.78, 5) is 17.5. The number of aromatic amines is 1. The first-order chi connectivity index (χ1) is 14.0. The van der Waals surface area contributed by atoms with Gasteiger partial charge in [-0.25, -0.2) is 0 Å². The number of nitrogens with one attached hydrogen (secondary N) is 1. The number of nitrogens with two attached hydrogens (primary N) is 2. The zero-order valence-electron chi connectivity index (χ0n) is 16.0. The second-order valence-corrected chi connectivity index (χ2v) is 7.32. The summed E-state index contributed by atoms with van der Waals surface area (Å²) < 4.78 is 5.92. The van der Waals surface area contributed by atoms with E-state index in [1.54, 1.807) is 17.0 Å². The molecule has 2 atom stereocenters. The van der Waals surface area contributed by atoms with Gasteiger partial charge in [-0.05, 0) is 67.3 Å². The monoisotopic (exact) mass is 389 g/mol. The van der Waals surface area contributed by atoms with Gasteiger partial charge >= 0.3 is 0 Å². The minimum atomic E-state index is -0.690. The van der Waals surface area contributed by atoms with Crippen LogP contribution in [0.15, 0.2) is 48.7 Å². The van der Waals surface area contributed by atoms with Crippen LogP contribution in [0.1, 0.15) is 18.4 Å². The molecule has 1 aliphatic rings. The highest BCUT2D eigenvalue weighted by atomic mass is 16.5. The van der Waals surface area contributed by atoms with Crippen molar-refractivity contribution in [1.29, 1.82) is 5.26 Å². The molecule has 0 aliphatic carbocycles. The van der Waals surface area contributed by atoms with Gasteiger partial charge in [0.05, 0.1) is 12.1 Å². The average Bonchev–Trinajstić information content (AvgIpc) is 3.36. The molecule has 2 unspecified atom stereocenters. The molecule has 1 aliphatic heterocycles. The fourth-order valence-electron chi connectivity index (χ4n) is 3.76. The lowest BCUT2D eigenvalue weighted by atomic mass is 10.0. The van der Waals surface area contributed by atoms with Gasteiger partial charge in [-0.3, -0.25) is 4.79 Å². The lowest BCUT2D eigenvalue weighted by Gasteiger charge is -2.23. The van der Waals surface area contributed by atoms with Crippen molar-refractivity contribution in [2.45, 2.75) is 31.3 Å². The molecule has 4 rings (SSSR count). The number of hydrogen-bond acceptors (Lipinski definition) is 5. The molecular formula is C22H23N5O2. The Bertz CT molecular complexity index is 1070. The SMILES string of the molecule is N#CC1CCCN1C(=O)C(N)Cc1c[nH]c2ccc(Oc3ccc(N)cc3)cc12. The third-order valence-electron chi connectivity index (χ3n) is 5.30. The Morgan fingerprint density at radius 1 is 1.28 bits per heavy atom. The average molecular weight is 389 g/mol. The highest BCUT2D eigenvalue weighted by Crippen LogP contribution is 2.28. The molecule has 2 heterocycles. The van der Waals surface area contributed by atoms with Crippen molar-refractivity contribution >= 4 is 22.5 Å². The smallest absolute Gasteiger partial charge is 0.240 e. The Morgan fingerprint density at radius 3 is 2.79 bits per heavy atom. The van der Waals surface area contributed by atoms with Gasteiger partial charge in [0.2, 0.25) is 5.91 Å². The lowest BCUT2D eigenvalue weighted by molar-refractivity contribution is -0.132. The van der Waals surface area contributed by atoms with E-state index in [2.05, 4.69) is 11.1 Å². The van der Waals surface area contributed by atoms with Crippen LogP contribution < -0.4 is 16.2 Å². The lowest BCUT2D eigenvalue weighted by Crippen LogP contribution is -2.46. The predicted octanol–water partition coefficient (Wildman–Crippen LogP) is 2.93. The number of hydrogen-bond donors (Lipinski definition) is 3. The number of H-pyrrole nitrogens is 1. The van der Waals surface area contributed by atoms with E-state index in [0.717, 1.165) is 22.9 Å². The molecule has 148 valence electrons. The molecular weight excluding hydrogens is 366 g/mol. The second kappa shape index (κ2) is 7.86. The first-order valence-electron chi connectivity index (χ1n) is 9.64. The van der Waals surface area contributed by atoms with Crippen LogP contribution in [0.5, 0.6) is 11.5 Å². The summed E-state index contributed by atoms with van der Waals surface area (Å²) in [5, 5.41) is 10.2. The number of amides is 1. The summed E-state index contributed by atoms with van der Waals surface area (Å²) in [6.45, 7) is 0.595. The predicted molar refractivity (Wildman–Crippen MR) is 111 cm³/mol. The van der Waals surface area contributed by atoms with E-state index in [4.69, 9.17) is 16.2 Å². The molecule has 0 bridgehead atoms. The minimum absolute atomic E-state index is 0.169. The van der Waals surface area contributed by atoms with Crippen molar-refractivity contribution < 1.29 is 9.53 Å². The van der Waals surface area contributed by atoms with Crippen LogP contribution in [0, 0.1) is 11.3 Å². The Kier molecular flexibility index (Phi) is 5.10. The van der Waals surface area contributed by atoms with Crippen molar-refractivity contribution in [3.63, 3.8) is 0 Å². The number of carbonyl (C=O) groups excluding carboxylic acids is 1. The number of benzene rings is 2. The molecule has 1 saturated heterocycles. The van der Waals surface area contributed by atoms with E-state index in [1.165, 1.54) is 0 Å². The van der Waals surface area contributed by atoms with Crippen molar-refractivity contribution in [3.8, 4) is 17.6 Å². The largest absolute Gasteiger partial charge is 0.457 e. The maximum absolute atomic E-state index is 12.7. The van der Waals surface area contributed by atoms with E-state index < -0.39 is 6.04 Å². The maximum Gasteiger partial charge on any atom is 0.240 e. The molecule has 1 fully saturated rings. The first kappa shape index (κ1) is 18.8. The zero-order valence-corrected chi connectivity index (χ0v) is 16.0. The van der Waals surface area contributed by atoms with Gasteiger partial charge in [0, 0.05) is 29.3 Å². The third-order valence-corrected chi connectivity index (χ3v) is 5.30. The molecule has 1 amide bonds. The highest BCUT2D eigenvalue weighted by molar-refractivity contribution is 5.87. The summed E-state index contributed by atoms with van der Waals surface area (Å²) in [5.41, 5.74) is 14.5. The molecule has 1 aromatic heterocycles. The zero-order chi connectivity index (χ0) is 20.4. The minimum Gasteiger partial charge on any atom is -0.457 e. The number of aromatic nitrogens is 1. The Morgan fingerprint density at radius 2 is 2.03 bits per heavy atom. The molecule has 2 aromatic carbocycles. The maximum atomic E-state index is 12.7. The van der Waals surface area contributed by atoms with Gasteiger partial charge in [-0.1, -0.05) is 0 Å². The van der Waals surface area contributed by atoms with Gasteiger partial charge in [-0.2, -0.15) is 5.26 Å². The fourth-order valence-corrected chi connectivity index (χ4v) is 3.76. The topological polar surface area (TPSA) is 121 Å².